The lowest BCUT2D eigenvalue weighted by atomic mass is 9.96. The predicted molar refractivity (Wildman–Crippen MR) is 99.7 cm³/mol. The summed E-state index contributed by atoms with van der Waals surface area (Å²) in [4.78, 5) is 7.94. The topological polar surface area (TPSA) is 49.8 Å². The van der Waals surface area contributed by atoms with Crippen molar-refractivity contribution in [3.05, 3.63) is 40.0 Å². The number of halogens is 4. The van der Waals surface area contributed by atoms with Gasteiger partial charge in [-0.2, -0.15) is 18.2 Å². The van der Waals surface area contributed by atoms with Crippen LogP contribution in [0.1, 0.15) is 43.4 Å². The zero-order valence-corrected chi connectivity index (χ0v) is 15.9. The van der Waals surface area contributed by atoms with E-state index < -0.39 is 11.9 Å². The maximum atomic E-state index is 13.3. The number of nitrogens with one attached hydrogen (secondary N) is 2. The summed E-state index contributed by atoms with van der Waals surface area (Å²) >= 11 is 3.42. The highest BCUT2D eigenvalue weighted by atomic mass is 79.9. The molecule has 0 atom stereocenters. The first-order valence-electron chi connectivity index (χ1n) is 8.58. The molecule has 0 saturated heterocycles. The Morgan fingerprint density at radius 2 is 1.85 bits per heavy atom. The molecule has 1 aromatic heterocycles. The standard InChI is InChI=1S/C18H20BrF3N4/c1-11-13(19)8-5-9-14(11)24-16-10-15(18(20,21)22)25-17(26-16)23-12-6-3-2-4-7-12/h5,8-10,12H,2-4,6-7H2,1H3,(H2,23,24,25,26). The van der Waals surface area contributed by atoms with E-state index in [-0.39, 0.29) is 17.8 Å². The molecule has 140 valence electrons. The van der Waals surface area contributed by atoms with Crippen LogP contribution in [-0.4, -0.2) is 16.0 Å². The summed E-state index contributed by atoms with van der Waals surface area (Å²) in [7, 11) is 0. The molecule has 1 aliphatic carbocycles. The van der Waals surface area contributed by atoms with Gasteiger partial charge in [0.15, 0.2) is 5.69 Å². The molecular formula is C18H20BrF3N4. The molecule has 0 aliphatic heterocycles. The average molecular weight is 429 g/mol. The van der Waals surface area contributed by atoms with Crippen molar-refractivity contribution in [3.8, 4) is 0 Å². The SMILES string of the molecule is Cc1c(Br)cccc1Nc1cc(C(F)(F)F)nc(NC2CCCCC2)n1. The van der Waals surface area contributed by atoms with Crippen LogP contribution in [0.15, 0.2) is 28.7 Å². The van der Waals surface area contributed by atoms with Crippen molar-refractivity contribution >= 4 is 33.4 Å². The van der Waals surface area contributed by atoms with Crippen LogP contribution in [0.3, 0.4) is 0 Å². The number of hydrogen-bond acceptors (Lipinski definition) is 4. The molecule has 0 amide bonds. The van der Waals surface area contributed by atoms with Gasteiger partial charge in [0, 0.05) is 22.3 Å². The Labute approximate surface area is 158 Å². The molecule has 1 aliphatic rings. The van der Waals surface area contributed by atoms with E-state index >= 15 is 0 Å². The third-order valence-corrected chi connectivity index (χ3v) is 5.34. The molecule has 2 N–H and O–H groups in total. The largest absolute Gasteiger partial charge is 0.433 e. The number of alkyl halides is 3. The van der Waals surface area contributed by atoms with Gasteiger partial charge in [-0.05, 0) is 37.5 Å². The van der Waals surface area contributed by atoms with E-state index in [1.54, 1.807) is 6.07 Å². The Bertz CT molecular complexity index is 774. The van der Waals surface area contributed by atoms with Gasteiger partial charge in [0.25, 0.3) is 0 Å². The number of nitrogens with zero attached hydrogens (tertiary/aromatic N) is 2. The fourth-order valence-electron chi connectivity index (χ4n) is 3.03. The Balaban J connectivity index is 1.90. The van der Waals surface area contributed by atoms with E-state index in [1.165, 1.54) is 0 Å². The van der Waals surface area contributed by atoms with Gasteiger partial charge in [0.05, 0.1) is 0 Å². The van der Waals surface area contributed by atoms with Gasteiger partial charge in [0.2, 0.25) is 5.95 Å². The number of rotatable bonds is 4. The summed E-state index contributed by atoms with van der Waals surface area (Å²) < 4.78 is 40.6. The van der Waals surface area contributed by atoms with Crippen molar-refractivity contribution in [1.29, 1.82) is 0 Å². The molecule has 0 spiro atoms. The monoisotopic (exact) mass is 428 g/mol. The quantitative estimate of drug-likeness (QED) is 0.621. The minimum Gasteiger partial charge on any atom is -0.351 e. The van der Waals surface area contributed by atoms with Crippen molar-refractivity contribution in [2.45, 2.75) is 51.2 Å². The second-order valence-corrected chi connectivity index (χ2v) is 7.33. The van der Waals surface area contributed by atoms with E-state index in [2.05, 4.69) is 36.5 Å². The number of anilines is 3. The molecule has 1 fully saturated rings. The minimum atomic E-state index is -4.53. The smallest absolute Gasteiger partial charge is 0.351 e. The van der Waals surface area contributed by atoms with Crippen LogP contribution in [-0.2, 0) is 6.18 Å². The molecule has 2 aromatic rings. The fourth-order valence-corrected chi connectivity index (χ4v) is 3.40. The highest BCUT2D eigenvalue weighted by Gasteiger charge is 2.34. The first-order chi connectivity index (χ1) is 12.3. The first kappa shape index (κ1) is 18.9. The van der Waals surface area contributed by atoms with Crippen LogP contribution in [0.4, 0.5) is 30.6 Å². The van der Waals surface area contributed by atoms with Crippen molar-refractivity contribution in [3.63, 3.8) is 0 Å². The van der Waals surface area contributed by atoms with E-state index in [9.17, 15) is 13.2 Å². The number of hydrogen-bond donors (Lipinski definition) is 2. The highest BCUT2D eigenvalue weighted by Crippen LogP contribution is 2.32. The summed E-state index contributed by atoms with van der Waals surface area (Å²) in [5, 5.41) is 6.06. The van der Waals surface area contributed by atoms with E-state index in [0.29, 0.717) is 5.69 Å². The van der Waals surface area contributed by atoms with Crippen LogP contribution in [0.25, 0.3) is 0 Å². The van der Waals surface area contributed by atoms with Crippen LogP contribution in [0, 0.1) is 6.92 Å². The normalized spacial score (nSPS) is 15.7. The molecule has 1 heterocycles. The summed E-state index contributed by atoms with van der Waals surface area (Å²) in [6, 6.07) is 6.54. The Morgan fingerprint density at radius 3 is 2.54 bits per heavy atom. The van der Waals surface area contributed by atoms with Crippen LogP contribution in [0.2, 0.25) is 0 Å². The van der Waals surface area contributed by atoms with Gasteiger partial charge in [-0.25, -0.2) is 4.98 Å². The molecule has 26 heavy (non-hydrogen) atoms. The Kier molecular flexibility index (Phi) is 5.70. The summed E-state index contributed by atoms with van der Waals surface area (Å²) in [6.07, 6.45) is 0.615. The van der Waals surface area contributed by atoms with Crippen LogP contribution < -0.4 is 10.6 Å². The van der Waals surface area contributed by atoms with Gasteiger partial charge in [-0.3, -0.25) is 0 Å². The van der Waals surface area contributed by atoms with Crippen LogP contribution in [0.5, 0.6) is 0 Å². The van der Waals surface area contributed by atoms with Gasteiger partial charge in [0.1, 0.15) is 5.82 Å². The first-order valence-corrected chi connectivity index (χ1v) is 9.37. The maximum absolute atomic E-state index is 13.3. The predicted octanol–water partition coefficient (Wildman–Crippen LogP) is 6.05. The molecule has 3 rings (SSSR count). The summed E-state index contributed by atoms with van der Waals surface area (Å²) in [6.45, 7) is 1.87. The number of aromatic nitrogens is 2. The molecule has 0 radical (unpaired) electrons. The molecule has 1 saturated carbocycles. The molecule has 8 heteroatoms. The number of benzene rings is 1. The van der Waals surface area contributed by atoms with Crippen molar-refractivity contribution in [2.75, 3.05) is 10.6 Å². The van der Waals surface area contributed by atoms with E-state index in [1.807, 2.05) is 19.1 Å². The van der Waals surface area contributed by atoms with Gasteiger partial charge >= 0.3 is 6.18 Å². The third-order valence-electron chi connectivity index (χ3n) is 4.49. The molecule has 0 bridgehead atoms. The van der Waals surface area contributed by atoms with Gasteiger partial charge in [-0.15, -0.1) is 0 Å². The van der Waals surface area contributed by atoms with Gasteiger partial charge < -0.3 is 10.6 Å². The summed E-state index contributed by atoms with van der Waals surface area (Å²) in [5.41, 5.74) is 0.622. The van der Waals surface area contributed by atoms with Gasteiger partial charge in [-0.1, -0.05) is 41.3 Å². The lowest BCUT2D eigenvalue weighted by molar-refractivity contribution is -0.141. The second kappa shape index (κ2) is 7.82. The molecular weight excluding hydrogens is 409 g/mol. The lowest BCUT2D eigenvalue weighted by Crippen LogP contribution is -2.24. The minimum absolute atomic E-state index is 0.0156. The van der Waals surface area contributed by atoms with E-state index in [0.717, 1.165) is 48.2 Å². The fraction of sp³-hybridized carbons (Fsp3) is 0.444. The average Bonchev–Trinajstić information content (AvgIpc) is 2.59. The van der Waals surface area contributed by atoms with E-state index in [4.69, 9.17) is 0 Å². The van der Waals surface area contributed by atoms with Crippen molar-refractivity contribution < 1.29 is 13.2 Å². The highest BCUT2D eigenvalue weighted by molar-refractivity contribution is 9.10. The molecule has 4 nitrogen and oxygen atoms in total. The second-order valence-electron chi connectivity index (χ2n) is 6.48. The van der Waals surface area contributed by atoms with Crippen molar-refractivity contribution in [2.24, 2.45) is 0 Å². The third kappa shape index (κ3) is 4.66. The van der Waals surface area contributed by atoms with Crippen LogP contribution >= 0.6 is 15.9 Å². The summed E-state index contributed by atoms with van der Waals surface area (Å²) in [5.74, 6) is 0.133. The zero-order chi connectivity index (χ0) is 18.7. The zero-order valence-electron chi connectivity index (χ0n) is 14.3. The van der Waals surface area contributed by atoms with Crippen molar-refractivity contribution in [1.82, 2.24) is 9.97 Å². The molecule has 1 aromatic carbocycles. The molecule has 0 unspecified atom stereocenters. The Hall–Kier alpha value is -1.83. The maximum Gasteiger partial charge on any atom is 0.433 e. The Morgan fingerprint density at radius 1 is 1.12 bits per heavy atom. The lowest BCUT2D eigenvalue weighted by Gasteiger charge is -2.23.